The van der Waals surface area contributed by atoms with E-state index < -0.39 is 0 Å². The number of fused-ring (bicyclic) bond motifs is 3. The molecule has 7 heteroatoms. The number of rotatable bonds is 9. The number of carbonyl (C=O) groups excluding carboxylic acids is 1. The fourth-order valence-corrected chi connectivity index (χ4v) is 4.37. The Morgan fingerprint density at radius 3 is 2.66 bits per heavy atom. The first kappa shape index (κ1) is 22.1. The van der Waals surface area contributed by atoms with Gasteiger partial charge in [0.25, 0.3) is 5.56 Å². The number of aromatic nitrogens is 2. The summed E-state index contributed by atoms with van der Waals surface area (Å²) >= 11 is 1.29. The highest BCUT2D eigenvalue weighted by Gasteiger charge is 2.18. The molecule has 1 N–H and O–H groups in total. The lowest BCUT2D eigenvalue weighted by atomic mass is 10.1. The topological polar surface area (TPSA) is 77.1 Å². The highest BCUT2D eigenvalue weighted by atomic mass is 32.2. The maximum Gasteiger partial charge on any atom is 0.297 e. The van der Waals surface area contributed by atoms with Gasteiger partial charge < -0.3 is 9.73 Å². The van der Waals surface area contributed by atoms with Gasteiger partial charge in [0.1, 0.15) is 11.1 Å². The molecular formula is C25H27N3O3S. The smallest absolute Gasteiger partial charge is 0.297 e. The predicted octanol–water partition coefficient (Wildman–Crippen LogP) is 4.64. The van der Waals surface area contributed by atoms with E-state index in [0.29, 0.717) is 35.3 Å². The summed E-state index contributed by atoms with van der Waals surface area (Å²) in [5, 5.41) is 4.31. The predicted molar refractivity (Wildman–Crippen MR) is 129 cm³/mol. The molecule has 32 heavy (non-hydrogen) atoms. The van der Waals surface area contributed by atoms with Crippen LogP contribution in [0.3, 0.4) is 0 Å². The Bertz CT molecular complexity index is 1280. The van der Waals surface area contributed by atoms with Gasteiger partial charge in [0.05, 0.1) is 5.75 Å². The quantitative estimate of drug-likeness (QED) is 0.298. The Morgan fingerprint density at radius 1 is 1.12 bits per heavy atom. The van der Waals surface area contributed by atoms with E-state index in [1.165, 1.54) is 17.3 Å². The number of hydrogen-bond donors (Lipinski definition) is 1. The summed E-state index contributed by atoms with van der Waals surface area (Å²) < 4.78 is 7.47. The van der Waals surface area contributed by atoms with Crippen LogP contribution in [-0.4, -0.2) is 27.8 Å². The second-order valence-corrected chi connectivity index (χ2v) is 9.13. The second-order valence-electron chi connectivity index (χ2n) is 8.18. The third-order valence-corrected chi connectivity index (χ3v) is 6.26. The summed E-state index contributed by atoms with van der Waals surface area (Å²) in [5.74, 6) is 0.560. The van der Waals surface area contributed by atoms with Crippen LogP contribution in [0.15, 0.2) is 69.0 Å². The number of amides is 1. The molecule has 0 saturated carbocycles. The van der Waals surface area contributed by atoms with Crippen LogP contribution >= 0.6 is 11.8 Å². The SMILES string of the molecule is CC(C)CCn1c(SCC(=O)NCCc2ccccc2)nc2c(oc3ccccc32)c1=O. The van der Waals surface area contributed by atoms with Crippen molar-refractivity contribution in [1.29, 1.82) is 0 Å². The summed E-state index contributed by atoms with van der Waals surface area (Å²) in [4.78, 5) is 30.4. The second kappa shape index (κ2) is 10.0. The zero-order chi connectivity index (χ0) is 22.5. The molecule has 0 spiro atoms. The summed E-state index contributed by atoms with van der Waals surface area (Å²) in [5.41, 5.74) is 2.45. The molecule has 2 aromatic heterocycles. The first-order valence-electron chi connectivity index (χ1n) is 10.9. The molecule has 0 aliphatic rings. The molecule has 4 rings (SSSR count). The molecule has 0 bridgehead atoms. The van der Waals surface area contributed by atoms with Crippen LogP contribution in [0.25, 0.3) is 22.1 Å². The number of nitrogens with zero attached hydrogens (tertiary/aromatic N) is 2. The van der Waals surface area contributed by atoms with Crippen molar-refractivity contribution in [3.63, 3.8) is 0 Å². The molecule has 0 aliphatic heterocycles. The van der Waals surface area contributed by atoms with Gasteiger partial charge >= 0.3 is 0 Å². The van der Waals surface area contributed by atoms with E-state index in [1.807, 2.05) is 54.6 Å². The van der Waals surface area contributed by atoms with Crippen molar-refractivity contribution in [2.24, 2.45) is 5.92 Å². The lowest BCUT2D eigenvalue weighted by Crippen LogP contribution is -2.28. The summed E-state index contributed by atoms with van der Waals surface area (Å²) in [7, 11) is 0. The van der Waals surface area contributed by atoms with E-state index in [1.54, 1.807) is 4.57 Å². The van der Waals surface area contributed by atoms with E-state index in [9.17, 15) is 9.59 Å². The summed E-state index contributed by atoms with van der Waals surface area (Å²) in [6.07, 6.45) is 1.62. The monoisotopic (exact) mass is 449 g/mol. The largest absolute Gasteiger partial charge is 0.448 e. The van der Waals surface area contributed by atoms with Crippen molar-refractivity contribution in [2.45, 2.75) is 38.4 Å². The minimum absolute atomic E-state index is 0.0762. The number of benzene rings is 2. The highest BCUT2D eigenvalue weighted by Crippen LogP contribution is 2.27. The molecule has 1 amide bonds. The zero-order valence-corrected chi connectivity index (χ0v) is 19.2. The number of hydrogen-bond acceptors (Lipinski definition) is 5. The molecular weight excluding hydrogens is 422 g/mol. The van der Waals surface area contributed by atoms with Gasteiger partial charge in [-0.1, -0.05) is 68.1 Å². The van der Waals surface area contributed by atoms with Crippen LogP contribution in [0.2, 0.25) is 0 Å². The number of furan rings is 1. The number of thioether (sulfide) groups is 1. The molecule has 4 aromatic rings. The Kier molecular flexibility index (Phi) is 6.95. The Hall–Kier alpha value is -3.06. The maximum atomic E-state index is 13.2. The van der Waals surface area contributed by atoms with E-state index >= 15 is 0 Å². The Morgan fingerprint density at radius 2 is 1.88 bits per heavy atom. The molecule has 6 nitrogen and oxygen atoms in total. The van der Waals surface area contributed by atoms with Crippen LogP contribution in [-0.2, 0) is 17.8 Å². The highest BCUT2D eigenvalue weighted by molar-refractivity contribution is 7.99. The third-order valence-electron chi connectivity index (χ3n) is 5.29. The van der Waals surface area contributed by atoms with Crippen molar-refractivity contribution in [2.75, 3.05) is 12.3 Å². The normalized spacial score (nSPS) is 11.5. The fourth-order valence-electron chi connectivity index (χ4n) is 3.52. The fraction of sp³-hybridized carbons (Fsp3) is 0.320. The summed E-state index contributed by atoms with van der Waals surface area (Å²) in [6.45, 7) is 5.34. The minimum Gasteiger partial charge on any atom is -0.448 e. The van der Waals surface area contributed by atoms with Gasteiger partial charge in [0, 0.05) is 18.5 Å². The van der Waals surface area contributed by atoms with Crippen molar-refractivity contribution in [1.82, 2.24) is 14.9 Å². The van der Waals surface area contributed by atoms with E-state index in [2.05, 4.69) is 19.2 Å². The molecule has 0 radical (unpaired) electrons. The molecule has 2 heterocycles. The van der Waals surface area contributed by atoms with Crippen LogP contribution in [0.5, 0.6) is 0 Å². The molecule has 0 saturated heterocycles. The van der Waals surface area contributed by atoms with Crippen molar-refractivity contribution >= 4 is 39.7 Å². The number of nitrogens with one attached hydrogen (secondary N) is 1. The number of carbonyl (C=O) groups is 1. The van der Waals surface area contributed by atoms with Crippen LogP contribution in [0, 0.1) is 5.92 Å². The van der Waals surface area contributed by atoms with E-state index in [0.717, 1.165) is 18.2 Å². The lowest BCUT2D eigenvalue weighted by Gasteiger charge is -2.13. The third kappa shape index (κ3) is 5.05. The maximum absolute atomic E-state index is 13.2. The van der Waals surface area contributed by atoms with Crippen molar-refractivity contribution in [3.8, 4) is 0 Å². The standard InChI is InChI=1S/C25H27N3O3S/c1-17(2)13-15-28-24(30)23-22(19-10-6-7-11-20(19)31-23)27-25(28)32-16-21(29)26-14-12-18-8-4-3-5-9-18/h3-11,17H,12-16H2,1-2H3,(H,26,29). The van der Waals surface area contributed by atoms with Crippen LogP contribution in [0.4, 0.5) is 0 Å². The van der Waals surface area contributed by atoms with E-state index in [-0.39, 0.29) is 22.8 Å². The first-order chi connectivity index (χ1) is 15.5. The van der Waals surface area contributed by atoms with Crippen LogP contribution < -0.4 is 10.9 Å². The van der Waals surface area contributed by atoms with E-state index in [4.69, 9.17) is 9.40 Å². The van der Waals surface area contributed by atoms with Gasteiger partial charge in [-0.2, -0.15) is 0 Å². The first-order valence-corrected chi connectivity index (χ1v) is 11.9. The Balaban J connectivity index is 1.53. The molecule has 2 aromatic carbocycles. The molecule has 0 aliphatic carbocycles. The van der Waals surface area contributed by atoms with Gasteiger partial charge in [0.15, 0.2) is 5.16 Å². The Labute approximate surface area is 191 Å². The zero-order valence-electron chi connectivity index (χ0n) is 18.3. The molecule has 166 valence electrons. The van der Waals surface area contributed by atoms with Gasteiger partial charge in [-0.25, -0.2) is 4.98 Å². The molecule has 0 unspecified atom stereocenters. The number of para-hydroxylation sites is 1. The van der Waals surface area contributed by atoms with Gasteiger partial charge in [-0.05, 0) is 36.5 Å². The van der Waals surface area contributed by atoms with Gasteiger partial charge in [-0.3, -0.25) is 14.2 Å². The lowest BCUT2D eigenvalue weighted by molar-refractivity contribution is -0.118. The molecule has 0 atom stereocenters. The van der Waals surface area contributed by atoms with Gasteiger partial charge in [0.2, 0.25) is 11.5 Å². The average molecular weight is 450 g/mol. The van der Waals surface area contributed by atoms with Crippen LogP contribution in [0.1, 0.15) is 25.8 Å². The average Bonchev–Trinajstić information content (AvgIpc) is 3.17. The van der Waals surface area contributed by atoms with Crippen molar-refractivity contribution in [3.05, 3.63) is 70.5 Å². The van der Waals surface area contributed by atoms with Gasteiger partial charge in [-0.15, -0.1) is 0 Å². The summed E-state index contributed by atoms with van der Waals surface area (Å²) in [6, 6.07) is 17.6. The molecule has 0 fully saturated rings. The minimum atomic E-state index is -0.196. The van der Waals surface area contributed by atoms with Crippen molar-refractivity contribution < 1.29 is 9.21 Å².